The number of anilines is 2. The lowest BCUT2D eigenvalue weighted by molar-refractivity contribution is 0.563. The van der Waals surface area contributed by atoms with Gasteiger partial charge in [-0.1, -0.05) is 30.3 Å². The average Bonchev–Trinajstić information content (AvgIpc) is 3.43. The number of hydrogen-bond donors (Lipinski definition) is 1. The normalized spacial score (nSPS) is 18.8. The number of aryl methyl sites for hydroxylation is 1. The second kappa shape index (κ2) is 7.57. The topological polar surface area (TPSA) is 67.2 Å². The van der Waals surface area contributed by atoms with E-state index in [1.54, 1.807) is 28.9 Å². The Labute approximate surface area is 183 Å². The van der Waals surface area contributed by atoms with Gasteiger partial charge >= 0.3 is 0 Å². The molecule has 3 heterocycles. The Morgan fingerprint density at radius 1 is 0.968 bits per heavy atom. The smallest absolute Gasteiger partial charge is 0.206 e. The summed E-state index contributed by atoms with van der Waals surface area (Å²) in [5.41, 5.74) is 3.56. The van der Waals surface area contributed by atoms with Crippen molar-refractivity contribution in [2.24, 2.45) is 0 Å². The van der Waals surface area contributed by atoms with Crippen molar-refractivity contribution in [3.63, 3.8) is 0 Å². The Balaban J connectivity index is 1.64. The third kappa shape index (κ3) is 3.43. The van der Waals surface area contributed by atoms with Gasteiger partial charge in [0, 0.05) is 30.5 Å². The quantitative estimate of drug-likeness (QED) is 0.654. The minimum Gasteiger partial charge on any atom is -0.372 e. The summed E-state index contributed by atoms with van der Waals surface area (Å²) in [5.74, 6) is 0.802. The molecule has 0 amide bonds. The molecule has 7 heteroatoms. The van der Waals surface area contributed by atoms with Crippen LogP contribution in [-0.4, -0.2) is 31.3 Å². The van der Waals surface area contributed by atoms with Crippen LogP contribution in [0, 0.1) is 6.92 Å². The predicted molar refractivity (Wildman–Crippen MR) is 123 cm³/mol. The summed E-state index contributed by atoms with van der Waals surface area (Å²) in [6, 6.07) is 18.3. The number of sulfone groups is 1. The second-order valence-electron chi connectivity index (χ2n) is 8.23. The minimum atomic E-state index is -3.72. The van der Waals surface area contributed by atoms with Crippen LogP contribution in [0.5, 0.6) is 0 Å². The average molecular weight is 435 g/mol. The lowest BCUT2D eigenvalue weighted by Gasteiger charge is -2.30. The number of hydrogen-bond acceptors (Lipinski definition) is 5. The van der Waals surface area contributed by atoms with Crippen molar-refractivity contribution in [1.82, 2.24) is 9.78 Å². The number of nitrogens with zero attached hydrogens (tertiary/aromatic N) is 3. The summed E-state index contributed by atoms with van der Waals surface area (Å²) >= 11 is 0. The molecule has 3 aromatic rings. The molecule has 160 valence electrons. The van der Waals surface area contributed by atoms with Crippen LogP contribution in [0.1, 0.15) is 37.1 Å². The fraction of sp³-hybridized carbons (Fsp3) is 0.292. The zero-order chi connectivity index (χ0) is 21.6. The van der Waals surface area contributed by atoms with E-state index in [-0.39, 0.29) is 4.90 Å². The van der Waals surface area contributed by atoms with Gasteiger partial charge < -0.3 is 10.2 Å². The highest BCUT2D eigenvalue weighted by molar-refractivity contribution is 7.95. The molecule has 31 heavy (non-hydrogen) atoms. The first-order valence-corrected chi connectivity index (χ1v) is 12.1. The molecule has 0 aliphatic carbocycles. The van der Waals surface area contributed by atoms with E-state index in [4.69, 9.17) is 0 Å². The largest absolute Gasteiger partial charge is 0.372 e. The molecule has 1 N–H and O–H groups in total. The van der Waals surface area contributed by atoms with E-state index >= 15 is 0 Å². The summed E-state index contributed by atoms with van der Waals surface area (Å²) in [6.45, 7) is 5.89. The van der Waals surface area contributed by atoms with Crippen LogP contribution in [-0.2, 0) is 9.84 Å². The molecule has 0 spiro atoms. The van der Waals surface area contributed by atoms with E-state index in [1.165, 1.54) is 18.5 Å². The van der Waals surface area contributed by atoms with Crippen LogP contribution in [0.25, 0.3) is 0 Å². The molecule has 2 aromatic carbocycles. The summed E-state index contributed by atoms with van der Waals surface area (Å²) in [7, 11) is -3.72. The van der Waals surface area contributed by atoms with Crippen LogP contribution in [0.4, 0.5) is 11.5 Å². The number of rotatable bonds is 4. The van der Waals surface area contributed by atoms with E-state index in [9.17, 15) is 8.42 Å². The van der Waals surface area contributed by atoms with Crippen LogP contribution >= 0.6 is 0 Å². The van der Waals surface area contributed by atoms with Crippen molar-refractivity contribution >= 4 is 21.3 Å². The van der Waals surface area contributed by atoms with Gasteiger partial charge in [0.2, 0.25) is 9.84 Å². The van der Waals surface area contributed by atoms with Gasteiger partial charge in [-0.15, -0.1) is 0 Å². The molecule has 1 fully saturated rings. The van der Waals surface area contributed by atoms with Gasteiger partial charge in [0.15, 0.2) is 0 Å². The summed E-state index contributed by atoms with van der Waals surface area (Å²) in [6.07, 6.45) is 2.43. The Morgan fingerprint density at radius 2 is 1.65 bits per heavy atom. The van der Waals surface area contributed by atoms with Gasteiger partial charge in [-0.25, -0.2) is 13.1 Å². The third-order valence-corrected chi connectivity index (χ3v) is 8.06. The van der Waals surface area contributed by atoms with Gasteiger partial charge in [0.05, 0.1) is 15.5 Å². The van der Waals surface area contributed by atoms with Crippen LogP contribution in [0.3, 0.4) is 0 Å². The molecule has 1 saturated heterocycles. The fourth-order valence-electron chi connectivity index (χ4n) is 4.59. The number of nitrogens with one attached hydrogen (secondary N) is 1. The number of fused-ring (bicyclic) bond motifs is 1. The highest BCUT2D eigenvalue weighted by atomic mass is 32.2. The van der Waals surface area contributed by atoms with E-state index in [2.05, 4.69) is 27.4 Å². The third-order valence-electron chi connectivity index (χ3n) is 6.06. The van der Waals surface area contributed by atoms with E-state index < -0.39 is 15.9 Å². The number of aromatic nitrogens is 2. The summed E-state index contributed by atoms with van der Waals surface area (Å²) in [4.78, 5) is 3.00. The lowest BCUT2D eigenvalue weighted by atomic mass is 10.0. The van der Waals surface area contributed by atoms with Crippen LogP contribution < -0.4 is 10.2 Å². The van der Waals surface area contributed by atoms with E-state index in [0.717, 1.165) is 30.2 Å². The Morgan fingerprint density at radius 3 is 2.32 bits per heavy atom. The molecule has 2 aliphatic heterocycles. The number of benzene rings is 2. The molecule has 2 aliphatic rings. The highest BCUT2D eigenvalue weighted by Gasteiger charge is 2.37. The molecule has 0 bridgehead atoms. The Kier molecular flexibility index (Phi) is 4.85. The predicted octanol–water partition coefficient (Wildman–Crippen LogP) is 4.51. The summed E-state index contributed by atoms with van der Waals surface area (Å²) < 4.78 is 29.2. The van der Waals surface area contributed by atoms with E-state index in [1.807, 2.05) is 38.1 Å². The van der Waals surface area contributed by atoms with Crippen LogP contribution in [0.15, 0.2) is 76.2 Å². The lowest BCUT2D eigenvalue weighted by Crippen LogP contribution is -2.28. The Bertz CT molecular complexity index is 1240. The molecular weight excluding hydrogens is 408 g/mol. The van der Waals surface area contributed by atoms with Gasteiger partial charge in [-0.3, -0.25) is 0 Å². The van der Waals surface area contributed by atoms with Crippen molar-refractivity contribution in [3.05, 3.63) is 82.5 Å². The molecule has 6 nitrogen and oxygen atoms in total. The first-order chi connectivity index (χ1) is 14.9. The maximum absolute atomic E-state index is 13.7. The zero-order valence-electron chi connectivity index (χ0n) is 17.7. The highest BCUT2D eigenvalue weighted by Crippen LogP contribution is 2.41. The van der Waals surface area contributed by atoms with Crippen molar-refractivity contribution in [3.8, 4) is 0 Å². The second-order valence-corrected chi connectivity index (χ2v) is 10.2. The molecule has 1 atom stereocenters. The maximum atomic E-state index is 13.7. The SMILES string of the molecule is CC1=C(S(=O)(=O)c2ccccc2)C(c2ccc(N3CCCC3)cc2)n2nc(C)cc2N1. The van der Waals surface area contributed by atoms with Crippen molar-refractivity contribution in [2.75, 3.05) is 23.3 Å². The maximum Gasteiger partial charge on any atom is 0.206 e. The standard InChI is InChI=1S/C24H26N4O2S/c1-17-16-22-25-18(2)24(31(29,30)21-8-4-3-5-9-21)23(28(22)26-17)19-10-12-20(13-11-19)27-14-6-7-15-27/h3-5,8-13,16,23,25H,6-7,14-15H2,1-2H3. The van der Waals surface area contributed by atoms with Crippen molar-refractivity contribution in [2.45, 2.75) is 37.6 Å². The van der Waals surface area contributed by atoms with Crippen LogP contribution in [0.2, 0.25) is 0 Å². The van der Waals surface area contributed by atoms with Gasteiger partial charge in [0.1, 0.15) is 11.9 Å². The number of allylic oxidation sites excluding steroid dienone is 2. The Hall–Kier alpha value is -3.06. The molecule has 5 rings (SSSR count). The van der Waals surface area contributed by atoms with Gasteiger partial charge in [0.25, 0.3) is 0 Å². The molecule has 1 unspecified atom stereocenters. The minimum absolute atomic E-state index is 0.289. The molecular formula is C24H26N4O2S. The van der Waals surface area contributed by atoms with Gasteiger partial charge in [-0.2, -0.15) is 5.10 Å². The monoisotopic (exact) mass is 434 g/mol. The first kappa shape index (κ1) is 19.9. The fourth-order valence-corrected chi connectivity index (χ4v) is 6.34. The van der Waals surface area contributed by atoms with E-state index in [0.29, 0.717) is 10.6 Å². The first-order valence-electron chi connectivity index (χ1n) is 10.6. The van der Waals surface area contributed by atoms with Gasteiger partial charge in [-0.05, 0) is 56.5 Å². The van der Waals surface area contributed by atoms with Crippen molar-refractivity contribution in [1.29, 1.82) is 0 Å². The molecule has 0 radical (unpaired) electrons. The molecule has 1 aromatic heterocycles. The molecule has 0 saturated carbocycles. The summed E-state index contributed by atoms with van der Waals surface area (Å²) in [5, 5.41) is 7.90. The zero-order valence-corrected chi connectivity index (χ0v) is 18.6. The van der Waals surface area contributed by atoms with Crippen molar-refractivity contribution < 1.29 is 8.42 Å².